The minimum Gasteiger partial charge on any atom is -0.374 e. The Morgan fingerprint density at radius 2 is 1.73 bits per heavy atom. The van der Waals surface area contributed by atoms with E-state index in [2.05, 4.69) is 10.7 Å². The van der Waals surface area contributed by atoms with E-state index in [0.29, 0.717) is 13.0 Å². The highest BCUT2D eigenvalue weighted by molar-refractivity contribution is 6.13. The van der Waals surface area contributed by atoms with Crippen LogP contribution in [0.1, 0.15) is 40.5 Å². The Morgan fingerprint density at radius 3 is 2.27 bits per heavy atom. The van der Waals surface area contributed by atoms with Crippen molar-refractivity contribution in [3.05, 3.63) is 12.2 Å². The molecular formula is C17H28N4O5. The first-order chi connectivity index (χ1) is 12.0. The third-order valence-electron chi connectivity index (χ3n) is 4.08. The molecule has 0 radical (unpaired) electrons. The summed E-state index contributed by atoms with van der Waals surface area (Å²) in [6.07, 6.45) is 2.95. The Morgan fingerprint density at radius 1 is 1.15 bits per heavy atom. The first-order valence-corrected chi connectivity index (χ1v) is 8.44. The van der Waals surface area contributed by atoms with Crippen molar-refractivity contribution in [1.82, 2.24) is 15.6 Å². The van der Waals surface area contributed by atoms with Crippen molar-refractivity contribution in [3.63, 3.8) is 0 Å². The average molecular weight is 368 g/mol. The van der Waals surface area contributed by atoms with E-state index in [9.17, 15) is 19.2 Å². The molecule has 0 spiro atoms. The van der Waals surface area contributed by atoms with Crippen LogP contribution in [0, 0.1) is 5.41 Å². The van der Waals surface area contributed by atoms with Gasteiger partial charge < -0.3 is 10.1 Å². The molecule has 0 saturated carbocycles. The van der Waals surface area contributed by atoms with Crippen LogP contribution in [0.3, 0.4) is 0 Å². The molecule has 0 atom stereocenters. The van der Waals surface area contributed by atoms with Crippen LogP contribution in [0.4, 0.5) is 0 Å². The molecule has 0 fully saturated rings. The van der Waals surface area contributed by atoms with Gasteiger partial charge in [0.15, 0.2) is 0 Å². The van der Waals surface area contributed by atoms with Gasteiger partial charge in [-0.15, -0.1) is 0 Å². The molecule has 4 amide bonds. The van der Waals surface area contributed by atoms with Crippen LogP contribution < -0.4 is 16.6 Å². The summed E-state index contributed by atoms with van der Waals surface area (Å²) in [6, 6.07) is 0. The SMILES string of the molecule is CC(C)(CCNC(=O)CCN1C(=O)C=CC1=O)OCC(C)(C)C(=O)NN. The van der Waals surface area contributed by atoms with Crippen molar-refractivity contribution in [2.24, 2.45) is 11.3 Å². The largest absolute Gasteiger partial charge is 0.374 e. The van der Waals surface area contributed by atoms with Crippen molar-refractivity contribution < 1.29 is 23.9 Å². The van der Waals surface area contributed by atoms with Crippen molar-refractivity contribution in [2.75, 3.05) is 19.7 Å². The molecule has 0 aromatic carbocycles. The van der Waals surface area contributed by atoms with Crippen LogP contribution in [-0.4, -0.2) is 53.8 Å². The molecule has 0 saturated heterocycles. The number of amides is 4. The number of carbonyl (C=O) groups is 4. The maximum atomic E-state index is 11.9. The van der Waals surface area contributed by atoms with E-state index in [1.165, 1.54) is 12.2 Å². The lowest BCUT2D eigenvalue weighted by atomic mass is 9.93. The molecule has 4 N–H and O–H groups in total. The number of hydrogen-bond acceptors (Lipinski definition) is 6. The molecule has 9 heteroatoms. The second-order valence-corrected chi connectivity index (χ2v) is 7.42. The summed E-state index contributed by atoms with van der Waals surface area (Å²) < 4.78 is 5.79. The fraction of sp³-hybridized carbons (Fsp3) is 0.647. The zero-order chi connectivity index (χ0) is 20.0. The normalized spacial score (nSPS) is 14.7. The number of rotatable bonds is 10. The molecule has 0 aliphatic carbocycles. The fourth-order valence-corrected chi connectivity index (χ4v) is 2.17. The Hall–Kier alpha value is -2.26. The van der Waals surface area contributed by atoms with Crippen LogP contribution in [0.15, 0.2) is 12.2 Å². The van der Waals surface area contributed by atoms with Crippen molar-refractivity contribution in [2.45, 2.75) is 46.1 Å². The van der Waals surface area contributed by atoms with Crippen molar-refractivity contribution in [1.29, 1.82) is 0 Å². The highest BCUT2D eigenvalue weighted by atomic mass is 16.5. The Balaban J connectivity index is 2.30. The van der Waals surface area contributed by atoms with Gasteiger partial charge in [-0.2, -0.15) is 0 Å². The summed E-state index contributed by atoms with van der Waals surface area (Å²) in [4.78, 5) is 47.3. The van der Waals surface area contributed by atoms with Gasteiger partial charge in [0.05, 0.1) is 17.6 Å². The van der Waals surface area contributed by atoms with Gasteiger partial charge in [0.1, 0.15) is 0 Å². The Labute approximate surface area is 153 Å². The highest BCUT2D eigenvalue weighted by Crippen LogP contribution is 2.21. The summed E-state index contributed by atoms with van der Waals surface area (Å²) in [6.45, 7) is 7.79. The van der Waals surface area contributed by atoms with E-state index in [1.54, 1.807) is 13.8 Å². The van der Waals surface area contributed by atoms with Gasteiger partial charge in [-0.1, -0.05) is 0 Å². The average Bonchev–Trinajstić information content (AvgIpc) is 2.88. The number of hydrogen-bond donors (Lipinski definition) is 3. The lowest BCUT2D eigenvalue weighted by Crippen LogP contribution is -2.45. The Bertz CT molecular complexity index is 580. The number of carbonyl (C=O) groups excluding carboxylic acids is 4. The summed E-state index contributed by atoms with van der Waals surface area (Å²) in [5.74, 6) is 3.78. The number of nitrogens with one attached hydrogen (secondary N) is 2. The summed E-state index contributed by atoms with van der Waals surface area (Å²) in [5, 5.41) is 2.74. The zero-order valence-electron chi connectivity index (χ0n) is 15.8. The van der Waals surface area contributed by atoms with E-state index in [0.717, 1.165) is 4.90 Å². The first-order valence-electron chi connectivity index (χ1n) is 8.44. The van der Waals surface area contributed by atoms with Gasteiger partial charge in [-0.05, 0) is 34.1 Å². The van der Waals surface area contributed by atoms with E-state index >= 15 is 0 Å². The third-order valence-corrected chi connectivity index (χ3v) is 4.08. The standard InChI is InChI=1S/C17H28N4O5/c1-16(2,15(25)20-18)11-26-17(3,4)8-9-19-12(22)7-10-21-13(23)5-6-14(21)24/h5-6H,7-11,18H2,1-4H3,(H,19,22)(H,20,25). The molecule has 1 aliphatic rings. The molecule has 1 rings (SSSR count). The summed E-state index contributed by atoms with van der Waals surface area (Å²) in [5.41, 5.74) is 0.794. The van der Waals surface area contributed by atoms with E-state index in [-0.39, 0.29) is 31.4 Å². The second-order valence-electron chi connectivity index (χ2n) is 7.42. The first kappa shape index (κ1) is 21.8. The molecule has 26 heavy (non-hydrogen) atoms. The van der Waals surface area contributed by atoms with Crippen LogP contribution in [0.2, 0.25) is 0 Å². The van der Waals surface area contributed by atoms with Gasteiger partial charge in [0.25, 0.3) is 11.8 Å². The fourth-order valence-electron chi connectivity index (χ4n) is 2.17. The molecular weight excluding hydrogens is 340 g/mol. The van der Waals surface area contributed by atoms with Crippen LogP contribution in [0.25, 0.3) is 0 Å². The van der Waals surface area contributed by atoms with Crippen LogP contribution in [0.5, 0.6) is 0 Å². The number of imide groups is 1. The van der Waals surface area contributed by atoms with E-state index in [1.807, 2.05) is 13.8 Å². The Kier molecular flexibility index (Phi) is 7.46. The third kappa shape index (κ3) is 6.57. The maximum Gasteiger partial charge on any atom is 0.253 e. The van der Waals surface area contributed by atoms with Gasteiger partial charge >= 0.3 is 0 Å². The van der Waals surface area contributed by atoms with Gasteiger partial charge in [0, 0.05) is 31.7 Å². The minimum atomic E-state index is -0.766. The van der Waals surface area contributed by atoms with Gasteiger partial charge in [-0.3, -0.25) is 29.5 Å². The summed E-state index contributed by atoms with van der Waals surface area (Å²) in [7, 11) is 0. The summed E-state index contributed by atoms with van der Waals surface area (Å²) >= 11 is 0. The van der Waals surface area contributed by atoms with Crippen molar-refractivity contribution in [3.8, 4) is 0 Å². The molecule has 0 unspecified atom stereocenters. The molecule has 9 nitrogen and oxygen atoms in total. The van der Waals surface area contributed by atoms with Crippen molar-refractivity contribution >= 4 is 23.6 Å². The smallest absolute Gasteiger partial charge is 0.253 e. The molecule has 0 aromatic rings. The molecule has 1 heterocycles. The maximum absolute atomic E-state index is 11.9. The number of nitrogens with two attached hydrogens (primary N) is 1. The zero-order valence-corrected chi connectivity index (χ0v) is 15.8. The van der Waals surface area contributed by atoms with Crippen LogP contribution in [-0.2, 0) is 23.9 Å². The minimum absolute atomic E-state index is 0.0458. The second kappa shape index (κ2) is 8.91. The van der Waals surface area contributed by atoms with E-state index in [4.69, 9.17) is 10.6 Å². The molecule has 0 bridgehead atoms. The molecule has 1 aliphatic heterocycles. The highest BCUT2D eigenvalue weighted by Gasteiger charge is 2.30. The quantitative estimate of drug-likeness (QED) is 0.208. The number of ether oxygens (including phenoxy) is 1. The predicted octanol–water partition coefficient (Wildman–Crippen LogP) is -0.381. The van der Waals surface area contributed by atoms with Gasteiger partial charge in [0.2, 0.25) is 11.8 Å². The predicted molar refractivity (Wildman–Crippen MR) is 94.2 cm³/mol. The molecule has 146 valence electrons. The van der Waals surface area contributed by atoms with Gasteiger partial charge in [-0.25, -0.2) is 5.84 Å². The number of hydrazine groups is 1. The van der Waals surface area contributed by atoms with Crippen LogP contribution >= 0.6 is 0 Å². The monoisotopic (exact) mass is 368 g/mol. The van der Waals surface area contributed by atoms with E-state index < -0.39 is 22.8 Å². The topological polar surface area (TPSA) is 131 Å². The lowest BCUT2D eigenvalue weighted by Gasteiger charge is -2.31. The lowest BCUT2D eigenvalue weighted by molar-refractivity contribution is -0.138. The number of nitrogens with zero attached hydrogens (tertiary/aromatic N) is 1. The molecule has 0 aromatic heterocycles.